The molecule has 0 saturated heterocycles. The highest BCUT2D eigenvalue weighted by Crippen LogP contribution is 1.83. The van der Waals surface area contributed by atoms with Gasteiger partial charge >= 0.3 is 0 Å². The van der Waals surface area contributed by atoms with Gasteiger partial charge in [0.25, 0.3) is 5.91 Å². The maximum atomic E-state index is 9.95. The fourth-order valence-electron chi connectivity index (χ4n) is 0.194. The molecule has 3 heteroatoms. The SMILES string of the molecule is C=C/C=C(\O)C(N)=O. The zero-order valence-corrected chi connectivity index (χ0v) is 4.29. The molecule has 0 aromatic heterocycles. The van der Waals surface area contributed by atoms with Gasteiger partial charge in [0.15, 0.2) is 5.76 Å². The van der Waals surface area contributed by atoms with Crippen molar-refractivity contribution in [3.05, 3.63) is 24.5 Å². The van der Waals surface area contributed by atoms with Crippen LogP contribution in [0.4, 0.5) is 0 Å². The summed E-state index contributed by atoms with van der Waals surface area (Å²) in [6, 6.07) is 0. The number of carbonyl (C=O) groups is 1. The first-order valence-corrected chi connectivity index (χ1v) is 2.00. The van der Waals surface area contributed by atoms with Crippen molar-refractivity contribution in [2.75, 3.05) is 0 Å². The number of nitrogens with two attached hydrogens (primary N) is 1. The summed E-state index contributed by atoms with van der Waals surface area (Å²) in [5, 5.41) is 8.44. The van der Waals surface area contributed by atoms with Crippen LogP contribution in [0.1, 0.15) is 0 Å². The van der Waals surface area contributed by atoms with E-state index in [9.17, 15) is 4.79 Å². The van der Waals surface area contributed by atoms with E-state index in [1.807, 2.05) is 0 Å². The van der Waals surface area contributed by atoms with E-state index in [1.165, 1.54) is 6.08 Å². The number of primary amides is 1. The molecule has 0 saturated carbocycles. The van der Waals surface area contributed by atoms with Crippen LogP contribution in [0, 0.1) is 0 Å². The molecule has 0 fully saturated rings. The van der Waals surface area contributed by atoms with Crippen molar-refractivity contribution in [1.82, 2.24) is 0 Å². The van der Waals surface area contributed by atoms with Crippen LogP contribution < -0.4 is 5.73 Å². The van der Waals surface area contributed by atoms with Crippen LogP contribution in [0.15, 0.2) is 24.5 Å². The van der Waals surface area contributed by atoms with E-state index in [0.717, 1.165) is 6.08 Å². The van der Waals surface area contributed by atoms with Crippen molar-refractivity contribution in [2.45, 2.75) is 0 Å². The number of amides is 1. The van der Waals surface area contributed by atoms with E-state index in [-0.39, 0.29) is 0 Å². The van der Waals surface area contributed by atoms with Crippen molar-refractivity contribution in [1.29, 1.82) is 0 Å². The van der Waals surface area contributed by atoms with E-state index in [2.05, 4.69) is 12.3 Å². The predicted molar refractivity (Wildman–Crippen MR) is 30.1 cm³/mol. The molecule has 1 amide bonds. The normalized spacial score (nSPS) is 10.8. The van der Waals surface area contributed by atoms with Crippen molar-refractivity contribution < 1.29 is 9.90 Å². The average Bonchev–Trinajstić information content (AvgIpc) is 1.67. The van der Waals surface area contributed by atoms with E-state index < -0.39 is 11.7 Å². The number of carbonyl (C=O) groups excluding carboxylic acids is 1. The number of allylic oxidation sites excluding steroid dienone is 2. The van der Waals surface area contributed by atoms with E-state index in [4.69, 9.17) is 5.11 Å². The minimum absolute atomic E-state index is 0.472. The molecule has 0 unspecified atom stereocenters. The molecule has 0 aromatic rings. The summed E-state index contributed by atoms with van der Waals surface area (Å²) >= 11 is 0. The molecule has 8 heavy (non-hydrogen) atoms. The smallest absolute Gasteiger partial charge is 0.283 e. The molecular weight excluding hydrogens is 106 g/mol. The molecule has 44 valence electrons. The summed E-state index contributed by atoms with van der Waals surface area (Å²) in [5.41, 5.74) is 4.62. The lowest BCUT2D eigenvalue weighted by Crippen LogP contribution is -2.12. The van der Waals surface area contributed by atoms with Crippen LogP contribution in [0.5, 0.6) is 0 Å². The third kappa shape index (κ3) is 2.02. The first-order valence-electron chi connectivity index (χ1n) is 2.00. The number of rotatable bonds is 2. The fraction of sp³-hybridized carbons (Fsp3) is 0. The Morgan fingerprint density at radius 2 is 2.25 bits per heavy atom. The quantitative estimate of drug-likeness (QED) is 0.303. The van der Waals surface area contributed by atoms with Gasteiger partial charge in [-0.2, -0.15) is 0 Å². The highest BCUT2D eigenvalue weighted by molar-refractivity contribution is 5.89. The minimum atomic E-state index is -0.843. The lowest BCUT2D eigenvalue weighted by Gasteiger charge is -1.85. The zero-order valence-electron chi connectivity index (χ0n) is 4.29. The second-order valence-corrected chi connectivity index (χ2v) is 1.15. The standard InChI is InChI=1S/C5H7NO2/c1-2-3-4(7)5(6)8/h2-3,7H,1H2,(H2,6,8)/b4-3-. The topological polar surface area (TPSA) is 63.3 Å². The van der Waals surface area contributed by atoms with E-state index in [0.29, 0.717) is 0 Å². The lowest BCUT2D eigenvalue weighted by atomic mass is 10.4. The second kappa shape index (κ2) is 2.85. The largest absolute Gasteiger partial charge is 0.503 e. The third-order valence-corrected chi connectivity index (χ3v) is 0.528. The first kappa shape index (κ1) is 6.75. The Balaban J connectivity index is 3.99. The van der Waals surface area contributed by atoms with Crippen LogP contribution in [0.25, 0.3) is 0 Å². The summed E-state index contributed by atoms with van der Waals surface area (Å²) in [6.45, 7) is 3.24. The zero-order chi connectivity index (χ0) is 6.57. The summed E-state index contributed by atoms with van der Waals surface area (Å²) in [6.07, 6.45) is 2.41. The molecule has 0 atom stereocenters. The Hall–Kier alpha value is -1.25. The fourth-order valence-corrected chi connectivity index (χ4v) is 0.194. The van der Waals surface area contributed by atoms with Crippen molar-refractivity contribution in [3.63, 3.8) is 0 Å². The molecule has 0 aromatic carbocycles. The maximum Gasteiger partial charge on any atom is 0.283 e. The number of aliphatic hydroxyl groups is 1. The Labute approximate surface area is 47.1 Å². The van der Waals surface area contributed by atoms with Gasteiger partial charge in [0.2, 0.25) is 0 Å². The molecule has 0 rings (SSSR count). The molecular formula is C5H7NO2. The van der Waals surface area contributed by atoms with Gasteiger partial charge in [0.1, 0.15) is 0 Å². The van der Waals surface area contributed by atoms with Gasteiger partial charge in [-0.15, -0.1) is 0 Å². The molecule has 0 bridgehead atoms. The highest BCUT2D eigenvalue weighted by Gasteiger charge is 1.95. The molecule has 0 radical (unpaired) electrons. The minimum Gasteiger partial charge on any atom is -0.503 e. The summed E-state index contributed by atoms with van der Waals surface area (Å²) in [5.74, 6) is -1.31. The van der Waals surface area contributed by atoms with Crippen molar-refractivity contribution >= 4 is 5.91 Å². The second-order valence-electron chi connectivity index (χ2n) is 1.15. The van der Waals surface area contributed by atoms with Gasteiger partial charge in [-0.05, 0) is 6.08 Å². The maximum absolute atomic E-state index is 9.95. The monoisotopic (exact) mass is 113 g/mol. The van der Waals surface area contributed by atoms with Gasteiger partial charge in [-0.1, -0.05) is 12.7 Å². The molecule has 0 heterocycles. The van der Waals surface area contributed by atoms with E-state index >= 15 is 0 Å². The van der Waals surface area contributed by atoms with Gasteiger partial charge < -0.3 is 10.8 Å². The molecule has 0 aliphatic heterocycles. The van der Waals surface area contributed by atoms with Gasteiger partial charge in [0, 0.05) is 0 Å². The summed E-state index contributed by atoms with van der Waals surface area (Å²) in [4.78, 5) is 9.95. The van der Waals surface area contributed by atoms with E-state index in [1.54, 1.807) is 0 Å². The number of hydrogen-bond acceptors (Lipinski definition) is 2. The Bertz CT molecular complexity index is 137. The van der Waals surface area contributed by atoms with Crippen LogP contribution in [0.2, 0.25) is 0 Å². The Morgan fingerprint density at radius 3 is 2.38 bits per heavy atom. The summed E-state index contributed by atoms with van der Waals surface area (Å²) < 4.78 is 0. The van der Waals surface area contributed by atoms with Gasteiger partial charge in [-0.3, -0.25) is 4.79 Å². The third-order valence-electron chi connectivity index (χ3n) is 0.528. The summed E-state index contributed by atoms with van der Waals surface area (Å²) in [7, 11) is 0. The molecule has 0 spiro atoms. The van der Waals surface area contributed by atoms with Crippen LogP contribution >= 0.6 is 0 Å². The highest BCUT2D eigenvalue weighted by atomic mass is 16.3. The average molecular weight is 113 g/mol. The van der Waals surface area contributed by atoms with Crippen LogP contribution in [-0.4, -0.2) is 11.0 Å². The Morgan fingerprint density at radius 1 is 1.75 bits per heavy atom. The van der Waals surface area contributed by atoms with Crippen LogP contribution in [0.3, 0.4) is 0 Å². The van der Waals surface area contributed by atoms with Gasteiger partial charge in [0.05, 0.1) is 0 Å². The Kier molecular flexibility index (Phi) is 2.40. The molecule has 0 aliphatic rings. The van der Waals surface area contributed by atoms with Crippen molar-refractivity contribution in [2.24, 2.45) is 5.73 Å². The number of aliphatic hydroxyl groups excluding tert-OH is 1. The van der Waals surface area contributed by atoms with Gasteiger partial charge in [-0.25, -0.2) is 0 Å². The molecule has 0 aliphatic carbocycles. The van der Waals surface area contributed by atoms with Crippen LogP contribution in [-0.2, 0) is 4.79 Å². The molecule has 3 N–H and O–H groups in total. The first-order chi connectivity index (χ1) is 3.68. The number of hydrogen-bond donors (Lipinski definition) is 2. The molecule has 3 nitrogen and oxygen atoms in total. The van der Waals surface area contributed by atoms with Crippen molar-refractivity contribution in [3.8, 4) is 0 Å². The lowest BCUT2D eigenvalue weighted by molar-refractivity contribution is -0.116. The predicted octanol–water partition coefficient (Wildman–Crippen LogP) is 0.0996.